The van der Waals surface area contributed by atoms with Crippen LogP contribution in [0.1, 0.15) is 90.4 Å². The number of aromatic hydroxyl groups is 1. The number of amides is 7. The van der Waals surface area contributed by atoms with E-state index in [-0.39, 0.29) is 68.2 Å². The van der Waals surface area contributed by atoms with Crippen LogP contribution in [0.15, 0.2) is 29.3 Å². The number of fused-ring (bicyclic) bond motifs is 1. The van der Waals surface area contributed by atoms with Gasteiger partial charge in [0.25, 0.3) is 5.91 Å². The zero-order valence-electron chi connectivity index (χ0n) is 39.0. The second kappa shape index (κ2) is 25.4. The maximum Gasteiger partial charge on any atom is 0.397 e. The number of aliphatic imine (C=N–C) groups is 1. The van der Waals surface area contributed by atoms with E-state index in [1.807, 2.05) is 0 Å². The second-order valence-corrected chi connectivity index (χ2v) is 18.9. The Morgan fingerprint density at radius 2 is 1.40 bits per heavy atom. The number of aliphatic hydroxyl groups is 1. The minimum absolute atomic E-state index is 0.0274. The lowest BCUT2D eigenvalue weighted by molar-refractivity contribution is -0.147. The van der Waals surface area contributed by atoms with Crippen LogP contribution in [0.3, 0.4) is 0 Å². The highest BCUT2D eigenvalue weighted by molar-refractivity contribution is 7.80. The third-order valence-corrected chi connectivity index (χ3v) is 11.7. The van der Waals surface area contributed by atoms with Crippen molar-refractivity contribution in [1.82, 2.24) is 42.1 Å². The maximum absolute atomic E-state index is 14.8. The van der Waals surface area contributed by atoms with Gasteiger partial charge in [0.2, 0.25) is 35.4 Å². The van der Waals surface area contributed by atoms with Gasteiger partial charge in [-0.05, 0) is 74.1 Å². The fourth-order valence-electron chi connectivity index (χ4n) is 7.67. The van der Waals surface area contributed by atoms with E-state index in [0.717, 1.165) is 4.90 Å². The zero-order chi connectivity index (χ0) is 51.1. The summed E-state index contributed by atoms with van der Waals surface area (Å²) in [6, 6.07) is -3.71. The van der Waals surface area contributed by atoms with E-state index in [0.29, 0.717) is 6.42 Å². The minimum Gasteiger partial charge on any atom is -0.508 e. The lowest BCUT2D eigenvalue weighted by Gasteiger charge is -2.40. The Kier molecular flexibility index (Phi) is 21.1. The van der Waals surface area contributed by atoms with Gasteiger partial charge in [0.15, 0.2) is 17.9 Å². The molecule has 0 spiro atoms. The quantitative estimate of drug-likeness (QED) is 0.0244. The summed E-state index contributed by atoms with van der Waals surface area (Å²) >= 11 is 0. The summed E-state index contributed by atoms with van der Waals surface area (Å²) in [5, 5.41) is 38.3. The predicted molar refractivity (Wildman–Crippen MR) is 244 cm³/mol. The molecule has 0 bridgehead atoms. The number of unbranched alkanes of at least 4 members (excludes halogenated alkanes) is 1. The number of phenols is 1. The van der Waals surface area contributed by atoms with Gasteiger partial charge in [0, 0.05) is 25.1 Å². The van der Waals surface area contributed by atoms with Gasteiger partial charge in [-0.2, -0.15) is 8.42 Å². The molecule has 2 aliphatic heterocycles. The number of benzene rings is 1. The molecule has 380 valence electrons. The largest absolute Gasteiger partial charge is 0.508 e. The summed E-state index contributed by atoms with van der Waals surface area (Å²) in [6.45, 7) is 7.96. The average Bonchev–Trinajstić information content (AvgIpc) is 3.60. The molecule has 8 atom stereocenters. The van der Waals surface area contributed by atoms with E-state index in [4.69, 9.17) is 15.7 Å². The Labute approximate surface area is 395 Å². The number of rotatable bonds is 17. The molecule has 0 saturated carbocycles. The fraction of sp³-hybridized carbons (Fsp3) is 0.643. The second-order valence-electron chi connectivity index (χ2n) is 17.9. The molecule has 25 nitrogen and oxygen atoms in total. The van der Waals surface area contributed by atoms with Gasteiger partial charge in [0.05, 0.1) is 19.2 Å². The van der Waals surface area contributed by atoms with Crippen LogP contribution in [0.5, 0.6) is 5.75 Å². The zero-order valence-corrected chi connectivity index (χ0v) is 39.8. The molecule has 7 amide bonds. The number of aldehydes is 1. The fourth-order valence-corrected chi connectivity index (χ4v) is 8.15. The first-order valence-electron chi connectivity index (χ1n) is 22.3. The Morgan fingerprint density at radius 3 is 1.96 bits per heavy atom. The molecular weight excluding hydrogens is 915 g/mol. The van der Waals surface area contributed by atoms with Crippen LogP contribution in [-0.2, 0) is 48.1 Å². The number of carbonyl (C=O) groups is 8. The van der Waals surface area contributed by atoms with Crippen molar-refractivity contribution in [1.29, 1.82) is 0 Å². The summed E-state index contributed by atoms with van der Waals surface area (Å²) < 4.78 is 38.6. The van der Waals surface area contributed by atoms with Crippen molar-refractivity contribution in [3.8, 4) is 5.75 Å². The first-order valence-corrected chi connectivity index (χ1v) is 23.6. The van der Waals surface area contributed by atoms with Gasteiger partial charge in [-0.15, -0.1) is 0 Å². The van der Waals surface area contributed by atoms with E-state index < -0.39 is 131 Å². The van der Waals surface area contributed by atoms with Crippen LogP contribution in [0.25, 0.3) is 0 Å². The van der Waals surface area contributed by atoms with Crippen LogP contribution in [0.4, 0.5) is 0 Å². The first kappa shape index (κ1) is 56.4. The first-order chi connectivity index (χ1) is 31.8. The normalized spacial score (nSPS) is 26.0. The van der Waals surface area contributed by atoms with Crippen molar-refractivity contribution in [3.05, 3.63) is 29.8 Å². The molecule has 0 aliphatic carbocycles. The lowest BCUT2D eigenvalue weighted by Crippen LogP contribution is -2.68. The number of nitrogens with two attached hydrogens (primary N) is 2. The molecule has 26 heteroatoms. The highest BCUT2D eigenvalue weighted by Gasteiger charge is 2.53. The monoisotopic (exact) mass is 981 g/mol. The number of aliphatic hydroxyl groups excluding tert-OH is 1. The molecule has 8 unspecified atom stereocenters. The number of nitrogens with one attached hydrogen (secondary N) is 7. The Hall–Kier alpha value is -5.96. The topological polar surface area (TPSA) is 392 Å². The molecule has 3 rings (SSSR count). The van der Waals surface area contributed by atoms with Gasteiger partial charge in [-0.25, -0.2) is 4.18 Å². The molecule has 1 aromatic carbocycles. The van der Waals surface area contributed by atoms with Gasteiger partial charge < -0.3 is 58.5 Å². The van der Waals surface area contributed by atoms with Crippen molar-refractivity contribution in [3.63, 3.8) is 0 Å². The van der Waals surface area contributed by atoms with Crippen molar-refractivity contribution in [2.45, 2.75) is 128 Å². The predicted octanol–water partition coefficient (Wildman–Crippen LogP) is -2.98. The molecular formula is C42H67N11O14S. The van der Waals surface area contributed by atoms with Gasteiger partial charge >= 0.3 is 10.4 Å². The summed E-state index contributed by atoms with van der Waals surface area (Å²) in [5.74, 6) is -8.23. The number of nitrogens with zero attached hydrogens (tertiary/aromatic N) is 2. The van der Waals surface area contributed by atoms with Crippen LogP contribution in [0, 0.1) is 17.8 Å². The molecule has 2 saturated heterocycles. The third kappa shape index (κ3) is 16.7. The molecule has 68 heavy (non-hydrogen) atoms. The molecule has 14 N–H and O–H groups in total. The minimum atomic E-state index is -5.22. The standard InChI is InChI=1S/C42H67N11O14S/c1-22(2)17-30-37(60)47-28(9-7-8-15-46-41(43)44)35(58)51-33(24(5)6)40(63)53-19-27(67-68(64,65)66)18-42(53,21-55)52-29(14-16-45-34(57)25-10-12-26(56)13-11-25)36(59)50-32(23(3)4)39(62)49-31(20-54)38(61)48-30/h10-13,21-24,27-33,52,54,56H,7-9,14-20H2,1-6H3,(H,45,57)(H,47,60)(H,48,61)(H,49,62)(H,50,59)(H,51,58)(H4,43,44,46)(H,64,65,66). The number of guanidine groups is 1. The number of phenolic OH excluding ortho intramolecular Hbond substituents is 1. The Balaban J connectivity index is 2.23. The summed E-state index contributed by atoms with van der Waals surface area (Å²) in [7, 11) is -5.22. The Morgan fingerprint density at radius 1 is 0.838 bits per heavy atom. The van der Waals surface area contributed by atoms with Gasteiger partial charge in [-0.1, -0.05) is 41.5 Å². The van der Waals surface area contributed by atoms with E-state index in [1.165, 1.54) is 24.3 Å². The van der Waals surface area contributed by atoms with E-state index >= 15 is 0 Å². The molecule has 1 aromatic rings. The van der Waals surface area contributed by atoms with Gasteiger partial charge in [0.1, 0.15) is 42.1 Å². The Bertz CT molecular complexity index is 2100. The van der Waals surface area contributed by atoms with Crippen molar-refractivity contribution in [2.75, 3.05) is 26.2 Å². The van der Waals surface area contributed by atoms with Crippen LogP contribution in [0.2, 0.25) is 0 Å². The summed E-state index contributed by atoms with van der Waals surface area (Å²) in [5.41, 5.74) is 8.69. The van der Waals surface area contributed by atoms with E-state index in [1.54, 1.807) is 41.5 Å². The lowest BCUT2D eigenvalue weighted by atomic mass is 9.98. The summed E-state index contributed by atoms with van der Waals surface area (Å²) in [6.07, 6.45) is -1.88. The molecule has 0 aromatic heterocycles. The number of carbonyl (C=O) groups excluding carboxylic acids is 8. The molecule has 2 aliphatic rings. The number of hydrogen-bond acceptors (Lipinski definition) is 15. The van der Waals surface area contributed by atoms with Gasteiger partial charge in [-0.3, -0.25) is 53.2 Å². The smallest absolute Gasteiger partial charge is 0.397 e. The molecule has 2 fully saturated rings. The van der Waals surface area contributed by atoms with Crippen LogP contribution < -0.4 is 48.7 Å². The highest BCUT2D eigenvalue weighted by atomic mass is 32.3. The molecule has 2 heterocycles. The average molecular weight is 982 g/mol. The maximum atomic E-state index is 14.8. The van der Waals surface area contributed by atoms with Crippen molar-refractivity contribution < 1.29 is 65.7 Å². The van der Waals surface area contributed by atoms with Crippen LogP contribution in [-0.4, -0.2) is 156 Å². The summed E-state index contributed by atoms with van der Waals surface area (Å²) in [4.78, 5) is 117. The van der Waals surface area contributed by atoms with E-state index in [9.17, 15) is 61.5 Å². The SMILES string of the molecule is CC(C)CC1NC(=O)C(CO)NC(=O)C(C(C)C)NC(=O)C(CCNC(=O)c2ccc(O)cc2)NC2(C=O)CC(OS(=O)(=O)O)CN2C(=O)C(C(C)C)NC(=O)C(CCCCN=C(N)N)NC1=O. The highest BCUT2D eigenvalue weighted by Crippen LogP contribution is 2.31. The number of hydrogen-bond donors (Lipinski definition) is 12. The van der Waals surface area contributed by atoms with Crippen molar-refractivity contribution in [2.24, 2.45) is 34.2 Å². The van der Waals surface area contributed by atoms with Crippen LogP contribution >= 0.6 is 0 Å². The van der Waals surface area contributed by atoms with E-state index in [2.05, 4.69) is 42.2 Å². The van der Waals surface area contributed by atoms with Crippen molar-refractivity contribution >= 4 is 64.0 Å². The third-order valence-electron chi connectivity index (χ3n) is 11.2. The molecule has 0 radical (unpaired) electrons.